The van der Waals surface area contributed by atoms with E-state index < -0.39 is 5.79 Å². The average Bonchev–Trinajstić information content (AvgIpc) is 3.36. The molecule has 3 fully saturated rings. The summed E-state index contributed by atoms with van der Waals surface area (Å²) in [6, 6.07) is 10.8. The zero-order chi connectivity index (χ0) is 20.8. The first-order valence-electron chi connectivity index (χ1n) is 10.7. The van der Waals surface area contributed by atoms with E-state index in [0.29, 0.717) is 12.6 Å². The lowest BCUT2D eigenvalue weighted by atomic mass is 9.64. The van der Waals surface area contributed by atoms with Crippen molar-refractivity contribution in [2.75, 3.05) is 34.4 Å². The standard InChI is InChI=1S/C24H30N2O4/c1-26-13-10-23(18-4-5-19(27-2)20(14-18)28-3)8-9-24(15-22(23)26)29-16-21(30-24)17-6-11-25-12-7-17/h4-7,11-12,14,21-22H,8-10,13,15-16H2,1-3H3. The van der Waals surface area contributed by atoms with Crippen molar-refractivity contribution in [3.05, 3.63) is 53.9 Å². The molecule has 1 aromatic carbocycles. The highest BCUT2D eigenvalue weighted by Gasteiger charge is 2.57. The molecule has 2 saturated heterocycles. The molecule has 5 rings (SSSR count). The Bertz CT molecular complexity index is 907. The number of hydrogen-bond acceptors (Lipinski definition) is 6. The fraction of sp³-hybridized carbons (Fsp3) is 0.542. The summed E-state index contributed by atoms with van der Waals surface area (Å²) >= 11 is 0. The molecule has 3 aliphatic rings. The molecule has 0 amide bonds. The molecule has 0 bridgehead atoms. The van der Waals surface area contributed by atoms with Crippen molar-refractivity contribution in [2.45, 2.75) is 49.0 Å². The van der Waals surface area contributed by atoms with Crippen LogP contribution < -0.4 is 9.47 Å². The first kappa shape index (κ1) is 19.8. The van der Waals surface area contributed by atoms with Gasteiger partial charge in [0.15, 0.2) is 17.3 Å². The first-order valence-corrected chi connectivity index (χ1v) is 10.7. The van der Waals surface area contributed by atoms with Gasteiger partial charge in [0.25, 0.3) is 0 Å². The predicted molar refractivity (Wildman–Crippen MR) is 113 cm³/mol. The highest BCUT2D eigenvalue weighted by atomic mass is 16.7. The Labute approximate surface area is 178 Å². The molecule has 0 N–H and O–H groups in total. The van der Waals surface area contributed by atoms with Gasteiger partial charge in [-0.3, -0.25) is 4.98 Å². The predicted octanol–water partition coefficient (Wildman–Crippen LogP) is 3.71. The zero-order valence-electron chi connectivity index (χ0n) is 18.0. The van der Waals surface area contributed by atoms with E-state index in [9.17, 15) is 0 Å². The van der Waals surface area contributed by atoms with Gasteiger partial charge in [0.2, 0.25) is 0 Å². The van der Waals surface area contributed by atoms with Crippen LogP contribution in [0.5, 0.6) is 11.5 Å². The minimum atomic E-state index is -0.503. The van der Waals surface area contributed by atoms with Gasteiger partial charge in [0.05, 0.1) is 20.8 Å². The Hall–Kier alpha value is -2.15. The Morgan fingerprint density at radius 1 is 1.03 bits per heavy atom. The van der Waals surface area contributed by atoms with Crippen molar-refractivity contribution < 1.29 is 18.9 Å². The Morgan fingerprint density at radius 3 is 2.60 bits per heavy atom. The molecule has 1 aromatic heterocycles. The zero-order valence-corrected chi connectivity index (χ0v) is 18.0. The highest BCUT2D eigenvalue weighted by Crippen LogP contribution is 2.55. The van der Waals surface area contributed by atoms with Crippen LogP contribution in [0.4, 0.5) is 0 Å². The number of ether oxygens (including phenoxy) is 4. The second kappa shape index (κ2) is 7.52. The molecule has 30 heavy (non-hydrogen) atoms. The van der Waals surface area contributed by atoms with Gasteiger partial charge in [-0.1, -0.05) is 6.07 Å². The molecule has 1 aliphatic carbocycles. The number of likely N-dealkylation sites (N-methyl/N-ethyl adjacent to an activating group) is 1. The maximum atomic E-state index is 6.57. The van der Waals surface area contributed by atoms with Crippen LogP contribution in [0.3, 0.4) is 0 Å². The summed E-state index contributed by atoms with van der Waals surface area (Å²) in [6.07, 6.45) is 7.54. The minimum Gasteiger partial charge on any atom is -0.493 e. The lowest BCUT2D eigenvalue weighted by Crippen LogP contribution is -2.52. The molecular formula is C24H30N2O4. The van der Waals surface area contributed by atoms with E-state index in [2.05, 4.69) is 29.1 Å². The third-order valence-electron chi connectivity index (χ3n) is 7.43. The number of aromatic nitrogens is 1. The summed E-state index contributed by atoms with van der Waals surface area (Å²) in [5, 5.41) is 0. The van der Waals surface area contributed by atoms with Crippen molar-refractivity contribution in [2.24, 2.45) is 0 Å². The fourth-order valence-corrected chi connectivity index (χ4v) is 5.74. The maximum Gasteiger partial charge on any atom is 0.170 e. The van der Waals surface area contributed by atoms with Gasteiger partial charge in [0, 0.05) is 36.7 Å². The lowest BCUT2D eigenvalue weighted by molar-refractivity contribution is -0.204. The van der Waals surface area contributed by atoms with Gasteiger partial charge in [-0.25, -0.2) is 0 Å². The van der Waals surface area contributed by atoms with Crippen LogP contribution in [0.25, 0.3) is 0 Å². The molecule has 2 aromatic rings. The van der Waals surface area contributed by atoms with Gasteiger partial charge in [-0.15, -0.1) is 0 Å². The summed E-state index contributed by atoms with van der Waals surface area (Å²) < 4.78 is 24.0. The van der Waals surface area contributed by atoms with Crippen molar-refractivity contribution in [1.82, 2.24) is 9.88 Å². The van der Waals surface area contributed by atoms with E-state index in [1.165, 1.54) is 5.56 Å². The first-order chi connectivity index (χ1) is 14.6. The maximum absolute atomic E-state index is 6.57. The van der Waals surface area contributed by atoms with Gasteiger partial charge in [-0.2, -0.15) is 0 Å². The summed E-state index contributed by atoms with van der Waals surface area (Å²) in [6.45, 7) is 1.67. The number of pyridine rings is 1. The quantitative estimate of drug-likeness (QED) is 0.766. The molecular weight excluding hydrogens is 380 g/mol. The molecule has 4 unspecified atom stereocenters. The van der Waals surface area contributed by atoms with Crippen molar-refractivity contribution in [1.29, 1.82) is 0 Å². The van der Waals surface area contributed by atoms with Crippen LogP contribution in [0.1, 0.15) is 42.9 Å². The molecule has 1 saturated carbocycles. The lowest BCUT2D eigenvalue weighted by Gasteiger charge is -2.48. The summed E-state index contributed by atoms with van der Waals surface area (Å²) in [5.41, 5.74) is 2.55. The van der Waals surface area contributed by atoms with Crippen LogP contribution in [0.15, 0.2) is 42.7 Å². The van der Waals surface area contributed by atoms with Crippen LogP contribution in [0.2, 0.25) is 0 Å². The molecule has 1 spiro atoms. The largest absolute Gasteiger partial charge is 0.493 e. The number of benzene rings is 1. The van der Waals surface area contributed by atoms with Gasteiger partial charge in [0.1, 0.15) is 6.10 Å². The monoisotopic (exact) mass is 410 g/mol. The van der Waals surface area contributed by atoms with E-state index in [-0.39, 0.29) is 11.5 Å². The van der Waals surface area contributed by atoms with E-state index in [1.54, 1.807) is 14.2 Å². The van der Waals surface area contributed by atoms with Gasteiger partial charge in [-0.05, 0) is 61.8 Å². The second-order valence-electron chi connectivity index (χ2n) is 8.79. The van der Waals surface area contributed by atoms with E-state index in [0.717, 1.165) is 49.3 Å². The molecule has 160 valence electrons. The fourth-order valence-electron chi connectivity index (χ4n) is 5.74. The van der Waals surface area contributed by atoms with Crippen molar-refractivity contribution in [3.8, 4) is 11.5 Å². The third kappa shape index (κ3) is 3.09. The number of likely N-dealkylation sites (tertiary alicyclic amines) is 1. The number of rotatable bonds is 4. The van der Waals surface area contributed by atoms with E-state index in [4.69, 9.17) is 18.9 Å². The topological polar surface area (TPSA) is 53.1 Å². The summed E-state index contributed by atoms with van der Waals surface area (Å²) in [4.78, 5) is 6.60. The molecule has 0 radical (unpaired) electrons. The Balaban J connectivity index is 1.42. The smallest absolute Gasteiger partial charge is 0.170 e. The number of hydrogen-bond donors (Lipinski definition) is 0. The summed E-state index contributed by atoms with van der Waals surface area (Å²) in [7, 11) is 5.61. The minimum absolute atomic E-state index is 0.0201. The van der Waals surface area contributed by atoms with Crippen molar-refractivity contribution in [3.63, 3.8) is 0 Å². The number of nitrogens with zero attached hydrogens (tertiary/aromatic N) is 2. The van der Waals surface area contributed by atoms with Crippen LogP contribution in [-0.2, 0) is 14.9 Å². The number of methoxy groups -OCH3 is 2. The van der Waals surface area contributed by atoms with Crippen LogP contribution >= 0.6 is 0 Å². The molecule has 2 aliphatic heterocycles. The van der Waals surface area contributed by atoms with Crippen LogP contribution in [-0.4, -0.2) is 56.1 Å². The SMILES string of the molecule is COc1ccc(C23CCN(C)C2CC2(CC3)OCC(c3ccncc3)O2)cc1OC. The average molecular weight is 411 g/mol. The normalized spacial score (nSPS) is 33.6. The van der Waals surface area contributed by atoms with E-state index >= 15 is 0 Å². The second-order valence-corrected chi connectivity index (χ2v) is 8.79. The van der Waals surface area contributed by atoms with Gasteiger partial charge >= 0.3 is 0 Å². The molecule has 4 atom stereocenters. The Morgan fingerprint density at radius 2 is 1.83 bits per heavy atom. The highest BCUT2D eigenvalue weighted by molar-refractivity contribution is 5.46. The number of fused-ring (bicyclic) bond motifs is 1. The third-order valence-corrected chi connectivity index (χ3v) is 7.43. The summed E-state index contributed by atoms with van der Waals surface area (Å²) in [5.74, 6) is 1.07. The van der Waals surface area contributed by atoms with Gasteiger partial charge < -0.3 is 23.8 Å². The Kier molecular flexibility index (Phi) is 4.96. The molecule has 6 nitrogen and oxygen atoms in total. The van der Waals surface area contributed by atoms with Crippen molar-refractivity contribution >= 4 is 0 Å². The van der Waals surface area contributed by atoms with Crippen LogP contribution in [0, 0.1) is 0 Å². The molecule has 3 heterocycles. The molecule has 6 heteroatoms. The van der Waals surface area contributed by atoms with E-state index in [1.807, 2.05) is 30.6 Å².